The average Bonchev–Trinajstić information content (AvgIpc) is 2.25. The summed E-state index contributed by atoms with van der Waals surface area (Å²) in [5, 5.41) is 0. The highest BCUT2D eigenvalue weighted by Gasteiger charge is 2.32. The summed E-state index contributed by atoms with van der Waals surface area (Å²) in [5.41, 5.74) is 1.84. The van der Waals surface area contributed by atoms with E-state index < -0.39 is 0 Å². The van der Waals surface area contributed by atoms with Crippen LogP contribution < -0.4 is 0 Å². The number of hydrogen-bond donors (Lipinski definition) is 0. The summed E-state index contributed by atoms with van der Waals surface area (Å²) in [7, 11) is 0. The first kappa shape index (κ1) is 15.8. The predicted molar refractivity (Wildman–Crippen MR) is 81.8 cm³/mol. The van der Waals surface area contributed by atoms with Crippen molar-refractivity contribution >= 4 is 0 Å². The number of nitrogens with zero attached hydrogens (tertiary/aromatic N) is 1. The molecule has 0 atom stereocenters. The summed E-state index contributed by atoms with van der Waals surface area (Å²) in [6.07, 6.45) is 5.30. The second kappa shape index (κ2) is 6.75. The fourth-order valence-corrected chi connectivity index (χ4v) is 3.51. The van der Waals surface area contributed by atoms with Gasteiger partial charge in [-0.3, -0.25) is 0 Å². The van der Waals surface area contributed by atoms with Crippen molar-refractivity contribution in [3.63, 3.8) is 0 Å². The Kier molecular flexibility index (Phi) is 5.91. The highest BCUT2D eigenvalue weighted by molar-refractivity contribution is 4.90. The van der Waals surface area contributed by atoms with Crippen LogP contribution in [0.25, 0.3) is 0 Å². The molecule has 1 fully saturated rings. The Morgan fingerprint density at radius 3 is 2.28 bits per heavy atom. The molecule has 1 heteroatoms. The van der Waals surface area contributed by atoms with Gasteiger partial charge in [-0.15, -0.1) is 6.58 Å². The van der Waals surface area contributed by atoms with E-state index in [0.717, 1.165) is 11.8 Å². The first-order chi connectivity index (χ1) is 8.31. The molecule has 0 aromatic carbocycles. The van der Waals surface area contributed by atoms with E-state index in [9.17, 15) is 0 Å². The molecular weight excluding hydrogens is 218 g/mol. The van der Waals surface area contributed by atoms with Gasteiger partial charge in [0.2, 0.25) is 0 Å². The maximum absolute atomic E-state index is 4.00. The standard InChI is InChI=1S/C17H33N/c1-14(2)7-10-18-11-8-16(9-12-18)17(5,6)13-15(3)4/h15-16H,1,7-13H2,2-6H3. The maximum Gasteiger partial charge on any atom is 0.00184 e. The Bertz CT molecular complexity index is 257. The monoisotopic (exact) mass is 251 g/mol. The number of hydrogen-bond acceptors (Lipinski definition) is 1. The molecule has 0 unspecified atom stereocenters. The van der Waals surface area contributed by atoms with Gasteiger partial charge < -0.3 is 4.90 Å². The van der Waals surface area contributed by atoms with E-state index in [4.69, 9.17) is 0 Å². The lowest BCUT2D eigenvalue weighted by molar-refractivity contribution is 0.0847. The lowest BCUT2D eigenvalue weighted by atomic mass is 9.69. The second-order valence-corrected chi connectivity index (χ2v) is 7.41. The van der Waals surface area contributed by atoms with Gasteiger partial charge in [0.25, 0.3) is 0 Å². The van der Waals surface area contributed by atoms with Crippen molar-refractivity contribution in [2.75, 3.05) is 19.6 Å². The predicted octanol–water partition coefficient (Wildman–Crippen LogP) is 4.74. The molecule has 1 rings (SSSR count). The van der Waals surface area contributed by atoms with E-state index in [1.807, 2.05) is 0 Å². The van der Waals surface area contributed by atoms with Crippen molar-refractivity contribution < 1.29 is 0 Å². The van der Waals surface area contributed by atoms with Crippen LogP contribution in [0.2, 0.25) is 0 Å². The number of rotatable bonds is 6. The van der Waals surface area contributed by atoms with Crippen LogP contribution in [-0.2, 0) is 0 Å². The van der Waals surface area contributed by atoms with Crippen LogP contribution in [-0.4, -0.2) is 24.5 Å². The summed E-state index contributed by atoms with van der Waals surface area (Å²) in [4.78, 5) is 2.62. The van der Waals surface area contributed by atoms with Gasteiger partial charge in [0.1, 0.15) is 0 Å². The van der Waals surface area contributed by atoms with E-state index in [1.165, 1.54) is 50.9 Å². The lowest BCUT2D eigenvalue weighted by Gasteiger charge is -2.41. The topological polar surface area (TPSA) is 3.24 Å². The summed E-state index contributed by atoms with van der Waals surface area (Å²) in [6, 6.07) is 0. The maximum atomic E-state index is 4.00. The zero-order chi connectivity index (χ0) is 13.8. The van der Waals surface area contributed by atoms with E-state index in [2.05, 4.69) is 46.1 Å². The molecule has 106 valence electrons. The van der Waals surface area contributed by atoms with Gasteiger partial charge in [-0.2, -0.15) is 0 Å². The van der Waals surface area contributed by atoms with Crippen molar-refractivity contribution in [3.05, 3.63) is 12.2 Å². The van der Waals surface area contributed by atoms with Gasteiger partial charge in [-0.1, -0.05) is 33.3 Å². The van der Waals surface area contributed by atoms with Crippen LogP contribution >= 0.6 is 0 Å². The molecule has 1 aliphatic rings. The Morgan fingerprint density at radius 1 is 1.28 bits per heavy atom. The molecular formula is C17H33N. The van der Waals surface area contributed by atoms with Crippen molar-refractivity contribution in [2.45, 2.75) is 60.3 Å². The minimum absolute atomic E-state index is 0.522. The second-order valence-electron chi connectivity index (χ2n) is 7.41. The molecule has 0 N–H and O–H groups in total. The molecule has 0 aromatic heterocycles. The Morgan fingerprint density at radius 2 is 1.83 bits per heavy atom. The highest BCUT2D eigenvalue weighted by Crippen LogP contribution is 2.39. The van der Waals surface area contributed by atoms with Gasteiger partial charge in [0.15, 0.2) is 0 Å². The zero-order valence-corrected chi connectivity index (χ0v) is 13.3. The number of piperidine rings is 1. The number of likely N-dealkylation sites (tertiary alicyclic amines) is 1. The minimum Gasteiger partial charge on any atom is -0.303 e. The molecule has 0 bridgehead atoms. The van der Waals surface area contributed by atoms with Crippen molar-refractivity contribution in [1.29, 1.82) is 0 Å². The van der Waals surface area contributed by atoms with Crippen LogP contribution in [0.1, 0.15) is 60.3 Å². The van der Waals surface area contributed by atoms with Gasteiger partial charge in [-0.25, -0.2) is 0 Å². The fraction of sp³-hybridized carbons (Fsp3) is 0.882. The molecule has 1 heterocycles. The Hall–Kier alpha value is -0.300. The largest absolute Gasteiger partial charge is 0.303 e. The molecule has 0 saturated carbocycles. The third kappa shape index (κ3) is 5.14. The Labute approximate surface area is 115 Å². The summed E-state index contributed by atoms with van der Waals surface area (Å²) >= 11 is 0. The molecule has 0 radical (unpaired) electrons. The first-order valence-electron chi connectivity index (χ1n) is 7.68. The Balaban J connectivity index is 2.36. The van der Waals surface area contributed by atoms with E-state index in [-0.39, 0.29) is 0 Å². The third-order valence-electron chi connectivity index (χ3n) is 4.48. The van der Waals surface area contributed by atoms with Crippen LogP contribution in [0.3, 0.4) is 0 Å². The van der Waals surface area contributed by atoms with Gasteiger partial charge >= 0.3 is 0 Å². The van der Waals surface area contributed by atoms with Gasteiger partial charge in [-0.05, 0) is 62.9 Å². The van der Waals surface area contributed by atoms with E-state index >= 15 is 0 Å². The molecule has 18 heavy (non-hydrogen) atoms. The molecule has 1 nitrogen and oxygen atoms in total. The molecule has 1 saturated heterocycles. The lowest BCUT2D eigenvalue weighted by Crippen LogP contribution is -2.39. The van der Waals surface area contributed by atoms with E-state index in [0.29, 0.717) is 5.41 Å². The highest BCUT2D eigenvalue weighted by atomic mass is 15.1. The van der Waals surface area contributed by atoms with Crippen LogP contribution in [0.4, 0.5) is 0 Å². The first-order valence-corrected chi connectivity index (χ1v) is 7.68. The van der Waals surface area contributed by atoms with Crippen LogP contribution in [0.5, 0.6) is 0 Å². The summed E-state index contributed by atoms with van der Waals surface area (Å²) in [6.45, 7) is 19.6. The molecule has 1 aliphatic heterocycles. The SMILES string of the molecule is C=C(C)CCN1CCC(C(C)(C)CC(C)C)CC1. The van der Waals surface area contributed by atoms with Crippen molar-refractivity contribution in [3.8, 4) is 0 Å². The van der Waals surface area contributed by atoms with Crippen LogP contribution in [0.15, 0.2) is 12.2 Å². The fourth-order valence-electron chi connectivity index (χ4n) is 3.51. The van der Waals surface area contributed by atoms with E-state index in [1.54, 1.807) is 0 Å². The molecule has 0 aliphatic carbocycles. The molecule has 0 amide bonds. The van der Waals surface area contributed by atoms with Crippen molar-refractivity contribution in [2.24, 2.45) is 17.3 Å². The zero-order valence-electron chi connectivity index (χ0n) is 13.3. The smallest absolute Gasteiger partial charge is 0.00184 e. The van der Waals surface area contributed by atoms with Crippen molar-refractivity contribution in [1.82, 2.24) is 4.90 Å². The molecule has 0 aromatic rings. The van der Waals surface area contributed by atoms with Crippen LogP contribution in [0, 0.1) is 17.3 Å². The third-order valence-corrected chi connectivity index (χ3v) is 4.48. The molecule has 0 spiro atoms. The van der Waals surface area contributed by atoms with Gasteiger partial charge in [0.05, 0.1) is 0 Å². The quantitative estimate of drug-likeness (QED) is 0.616. The minimum atomic E-state index is 0.522. The average molecular weight is 251 g/mol. The summed E-state index contributed by atoms with van der Waals surface area (Å²) < 4.78 is 0. The van der Waals surface area contributed by atoms with Gasteiger partial charge in [0, 0.05) is 6.54 Å². The normalized spacial score (nSPS) is 19.4. The summed E-state index contributed by atoms with van der Waals surface area (Å²) in [5.74, 6) is 1.74.